The fourth-order valence-corrected chi connectivity index (χ4v) is 5.36. The number of carbonyl (C=O) groups is 1. The Hall–Kier alpha value is -0.580. The van der Waals surface area contributed by atoms with Crippen molar-refractivity contribution in [1.29, 1.82) is 0 Å². The average molecular weight is 301 g/mol. The van der Waals surface area contributed by atoms with Crippen molar-refractivity contribution in [2.45, 2.75) is 77.2 Å². The van der Waals surface area contributed by atoms with Gasteiger partial charge in [0, 0.05) is 0 Å². The number of ether oxygens (including phenoxy) is 1. The molecule has 2 rings (SSSR count). The monoisotopic (exact) mass is 301 g/mol. The van der Waals surface area contributed by atoms with E-state index >= 15 is 0 Å². The molecule has 0 aromatic rings. The molecule has 116 valence electrons. The molecule has 5 heteroatoms. The smallest absolute Gasteiger partial charge is 0.422 e. The van der Waals surface area contributed by atoms with E-state index in [-0.39, 0.29) is 11.3 Å². The van der Waals surface area contributed by atoms with Crippen molar-refractivity contribution in [3.05, 3.63) is 0 Å². The minimum atomic E-state index is -1.23. The van der Waals surface area contributed by atoms with Crippen molar-refractivity contribution in [1.82, 2.24) is 4.31 Å². The molecule has 20 heavy (non-hydrogen) atoms. The summed E-state index contributed by atoms with van der Waals surface area (Å²) in [4.78, 5) is 12.3. The van der Waals surface area contributed by atoms with Gasteiger partial charge in [0.1, 0.15) is 16.6 Å². The minimum absolute atomic E-state index is 0.0185. The summed E-state index contributed by atoms with van der Waals surface area (Å²) in [6.45, 7) is 9.76. The molecule has 1 aliphatic heterocycles. The highest BCUT2D eigenvalue weighted by molar-refractivity contribution is 7.84. The van der Waals surface area contributed by atoms with Crippen LogP contribution in [0.25, 0.3) is 0 Å². The van der Waals surface area contributed by atoms with Gasteiger partial charge in [-0.05, 0) is 58.8 Å². The van der Waals surface area contributed by atoms with E-state index in [0.29, 0.717) is 11.8 Å². The summed E-state index contributed by atoms with van der Waals surface area (Å²) >= 11 is 0. The summed E-state index contributed by atoms with van der Waals surface area (Å²) in [7, 11) is -1.23. The van der Waals surface area contributed by atoms with Gasteiger partial charge in [-0.15, -0.1) is 0 Å². The van der Waals surface area contributed by atoms with E-state index in [2.05, 4.69) is 6.92 Å². The summed E-state index contributed by atoms with van der Waals surface area (Å²) < 4.78 is 19.5. The highest BCUT2D eigenvalue weighted by Crippen LogP contribution is 2.43. The Morgan fingerprint density at radius 2 is 2.00 bits per heavy atom. The topological polar surface area (TPSA) is 46.6 Å². The van der Waals surface area contributed by atoms with Crippen molar-refractivity contribution in [2.75, 3.05) is 0 Å². The molecule has 0 aromatic heterocycles. The maximum atomic E-state index is 12.6. The Labute approximate surface area is 124 Å². The Kier molecular flexibility index (Phi) is 4.47. The van der Waals surface area contributed by atoms with Crippen LogP contribution in [0.4, 0.5) is 4.79 Å². The lowest BCUT2D eigenvalue weighted by molar-refractivity contribution is 0.0336. The highest BCUT2D eigenvalue weighted by Gasteiger charge is 2.50. The zero-order valence-electron chi connectivity index (χ0n) is 13.2. The molecule has 1 saturated carbocycles. The Morgan fingerprint density at radius 1 is 1.35 bits per heavy atom. The SMILES string of the molecule is CCC1CCC2C(C1)C(C)N(C(=O)OC(C)(C)C)S2=O. The van der Waals surface area contributed by atoms with Crippen LogP contribution in [0.5, 0.6) is 0 Å². The fourth-order valence-electron chi connectivity index (χ4n) is 3.43. The minimum Gasteiger partial charge on any atom is -0.443 e. The zero-order chi connectivity index (χ0) is 15.1. The molecule has 5 atom stereocenters. The summed E-state index contributed by atoms with van der Waals surface area (Å²) in [6, 6.07) is 0.0185. The molecule has 0 aromatic carbocycles. The summed E-state index contributed by atoms with van der Waals surface area (Å²) in [5.41, 5.74) is -0.541. The molecule has 4 nitrogen and oxygen atoms in total. The molecule has 1 saturated heterocycles. The standard InChI is InChI=1S/C15H27NO3S/c1-6-11-7-8-13-12(9-11)10(2)16(20(13)18)14(17)19-15(3,4)5/h10-13H,6-9H2,1-5H3. The first kappa shape index (κ1) is 15.8. The molecule has 0 radical (unpaired) electrons. The lowest BCUT2D eigenvalue weighted by Gasteiger charge is -2.31. The predicted octanol–water partition coefficient (Wildman–Crippen LogP) is 3.48. The third-order valence-corrected chi connectivity index (χ3v) is 6.51. The van der Waals surface area contributed by atoms with E-state index in [9.17, 15) is 9.00 Å². The maximum Gasteiger partial charge on any atom is 0.422 e. The molecule has 1 heterocycles. The van der Waals surface area contributed by atoms with Crippen LogP contribution >= 0.6 is 0 Å². The van der Waals surface area contributed by atoms with Crippen LogP contribution in [0.2, 0.25) is 0 Å². The molecule has 0 bridgehead atoms. The zero-order valence-corrected chi connectivity index (χ0v) is 14.0. The van der Waals surface area contributed by atoms with E-state index < -0.39 is 22.7 Å². The second kappa shape index (κ2) is 5.66. The van der Waals surface area contributed by atoms with Gasteiger partial charge in [0.15, 0.2) is 0 Å². The first-order valence-corrected chi connectivity index (χ1v) is 8.84. The lowest BCUT2D eigenvalue weighted by Crippen LogP contribution is -2.40. The molecule has 1 aliphatic carbocycles. The molecule has 0 spiro atoms. The summed E-state index contributed by atoms with van der Waals surface area (Å²) in [5, 5.41) is 0.139. The molecule has 5 unspecified atom stereocenters. The van der Waals surface area contributed by atoms with Crippen LogP contribution in [0.3, 0.4) is 0 Å². The van der Waals surface area contributed by atoms with Crippen LogP contribution in [-0.2, 0) is 15.7 Å². The van der Waals surface area contributed by atoms with Crippen molar-refractivity contribution in [3.63, 3.8) is 0 Å². The maximum absolute atomic E-state index is 12.6. The second-order valence-corrected chi connectivity index (χ2v) is 8.66. The number of hydrogen-bond acceptors (Lipinski definition) is 3. The van der Waals surface area contributed by atoms with Crippen molar-refractivity contribution in [3.8, 4) is 0 Å². The van der Waals surface area contributed by atoms with Crippen molar-refractivity contribution in [2.24, 2.45) is 11.8 Å². The van der Waals surface area contributed by atoms with Crippen LogP contribution < -0.4 is 0 Å². The van der Waals surface area contributed by atoms with E-state index in [1.807, 2.05) is 27.7 Å². The van der Waals surface area contributed by atoms with Crippen LogP contribution in [-0.4, -0.2) is 31.5 Å². The number of amides is 1. The van der Waals surface area contributed by atoms with Gasteiger partial charge in [-0.1, -0.05) is 13.3 Å². The van der Waals surface area contributed by atoms with E-state index in [4.69, 9.17) is 4.74 Å². The van der Waals surface area contributed by atoms with Gasteiger partial charge < -0.3 is 4.74 Å². The van der Waals surface area contributed by atoms with Gasteiger partial charge in [-0.3, -0.25) is 0 Å². The quantitative estimate of drug-likeness (QED) is 0.745. The van der Waals surface area contributed by atoms with E-state index in [1.165, 1.54) is 10.7 Å². The van der Waals surface area contributed by atoms with Gasteiger partial charge in [0.25, 0.3) is 0 Å². The van der Waals surface area contributed by atoms with Crippen molar-refractivity contribution >= 4 is 17.1 Å². The largest absolute Gasteiger partial charge is 0.443 e. The molecule has 1 amide bonds. The molecule has 2 aliphatic rings. The third kappa shape index (κ3) is 3.02. The molecular formula is C15H27NO3S. The normalized spacial score (nSPS) is 37.6. The van der Waals surface area contributed by atoms with Crippen molar-refractivity contribution < 1.29 is 13.7 Å². The first-order valence-electron chi connectivity index (χ1n) is 7.67. The van der Waals surface area contributed by atoms with Crippen LogP contribution in [0.15, 0.2) is 0 Å². The Morgan fingerprint density at radius 3 is 2.55 bits per heavy atom. The predicted molar refractivity (Wildman–Crippen MR) is 80.6 cm³/mol. The number of fused-ring (bicyclic) bond motifs is 1. The van der Waals surface area contributed by atoms with E-state index in [1.54, 1.807) is 0 Å². The molecule has 0 N–H and O–H groups in total. The third-order valence-electron chi connectivity index (χ3n) is 4.54. The average Bonchev–Trinajstić information content (AvgIpc) is 2.59. The van der Waals surface area contributed by atoms with Gasteiger partial charge in [0.05, 0.1) is 11.3 Å². The fraction of sp³-hybridized carbons (Fsp3) is 0.933. The Balaban J connectivity index is 2.12. The molecule has 2 fully saturated rings. The number of hydrogen-bond donors (Lipinski definition) is 0. The number of nitrogens with zero attached hydrogens (tertiary/aromatic N) is 1. The highest BCUT2D eigenvalue weighted by atomic mass is 32.2. The summed E-state index contributed by atoms with van der Waals surface area (Å²) in [6.07, 6.45) is 3.95. The first-order chi connectivity index (χ1) is 9.24. The number of rotatable bonds is 1. The number of carbonyl (C=O) groups excluding carboxylic acids is 1. The van der Waals surface area contributed by atoms with Gasteiger partial charge in [-0.2, -0.15) is 0 Å². The Bertz CT molecular complexity index is 404. The van der Waals surface area contributed by atoms with Gasteiger partial charge in [-0.25, -0.2) is 13.3 Å². The van der Waals surface area contributed by atoms with Gasteiger partial charge in [0.2, 0.25) is 0 Å². The molecular weight excluding hydrogens is 274 g/mol. The second-order valence-electron chi connectivity index (χ2n) is 7.11. The lowest BCUT2D eigenvalue weighted by atomic mass is 9.77. The van der Waals surface area contributed by atoms with Gasteiger partial charge >= 0.3 is 6.09 Å². The van der Waals surface area contributed by atoms with Crippen LogP contribution in [0, 0.1) is 11.8 Å². The summed E-state index contributed by atoms with van der Waals surface area (Å²) in [5.74, 6) is 1.08. The van der Waals surface area contributed by atoms with Crippen LogP contribution in [0.1, 0.15) is 60.3 Å². The van der Waals surface area contributed by atoms with E-state index in [0.717, 1.165) is 19.3 Å².